The van der Waals surface area contributed by atoms with Crippen LogP contribution in [0.4, 0.5) is 11.5 Å². The smallest absolute Gasteiger partial charge is 0.161 e. The molecule has 4 aliphatic carbocycles. The van der Waals surface area contributed by atoms with E-state index in [1.807, 2.05) is 0 Å². The van der Waals surface area contributed by atoms with Crippen LogP contribution in [0.5, 0.6) is 0 Å². The minimum atomic E-state index is -0.483. The van der Waals surface area contributed by atoms with Gasteiger partial charge in [0.15, 0.2) is 5.82 Å². The zero-order valence-corrected chi connectivity index (χ0v) is 36.0. The predicted octanol–water partition coefficient (Wildman–Crippen LogP) is 13.8. The SMILES string of the molecule is Cc1ccccc1-c1nc(N2c3ccccc3C3=CC4(C)CC=CC=C4C=CC32)c(-c2ccc3c(c2)[C@](C2=CC=CC(I)C2)(c2ccccc2)c2ccccc2-3)nc1S. The normalized spacial score (nSPS) is 23.3. The first-order valence-corrected chi connectivity index (χ1v) is 22.2. The molecule has 6 aromatic rings. The second kappa shape index (κ2) is 14.1. The van der Waals surface area contributed by atoms with Crippen molar-refractivity contribution >= 4 is 52.3 Å². The number of aromatic nitrogens is 2. The lowest BCUT2D eigenvalue weighted by Crippen LogP contribution is -2.31. The van der Waals surface area contributed by atoms with E-state index in [0.717, 1.165) is 52.4 Å². The first-order valence-electron chi connectivity index (χ1n) is 20.5. The molecular weight excluding hydrogens is 850 g/mol. The summed E-state index contributed by atoms with van der Waals surface area (Å²) in [5.74, 6) is 0.821. The zero-order valence-electron chi connectivity index (χ0n) is 33.0. The third kappa shape index (κ3) is 5.61. The van der Waals surface area contributed by atoms with Gasteiger partial charge in [0.1, 0.15) is 16.4 Å². The van der Waals surface area contributed by atoms with E-state index in [1.165, 1.54) is 50.1 Å². The van der Waals surface area contributed by atoms with Gasteiger partial charge < -0.3 is 4.90 Å². The Labute approximate surface area is 365 Å². The fourth-order valence-corrected chi connectivity index (χ4v) is 11.4. The Morgan fingerprint density at radius 3 is 2.31 bits per heavy atom. The highest BCUT2D eigenvalue weighted by atomic mass is 127. The summed E-state index contributed by atoms with van der Waals surface area (Å²) in [7, 11) is 0. The minimum absolute atomic E-state index is 0.0823. The molecule has 0 saturated heterocycles. The Morgan fingerprint density at radius 1 is 0.729 bits per heavy atom. The van der Waals surface area contributed by atoms with Crippen molar-refractivity contribution in [2.45, 2.75) is 47.1 Å². The maximum absolute atomic E-state index is 5.70. The largest absolute Gasteiger partial charge is 0.313 e. The number of para-hydroxylation sites is 1. The second-order valence-corrected chi connectivity index (χ2v) is 18.6. The Bertz CT molecular complexity index is 2920. The van der Waals surface area contributed by atoms with Gasteiger partial charge in [-0.15, -0.1) is 12.6 Å². The number of halogens is 1. The van der Waals surface area contributed by atoms with E-state index < -0.39 is 5.41 Å². The number of allylic oxidation sites excluding steroid dienone is 10. The zero-order chi connectivity index (χ0) is 39.9. The van der Waals surface area contributed by atoms with Gasteiger partial charge in [0.2, 0.25) is 0 Å². The lowest BCUT2D eigenvalue weighted by molar-refractivity contribution is 0.532. The molecule has 5 aromatic carbocycles. The van der Waals surface area contributed by atoms with Crippen LogP contribution in [-0.4, -0.2) is 19.9 Å². The Balaban J connectivity index is 1.19. The fraction of sp³-hybridized carbons (Fsp3) is 0.148. The van der Waals surface area contributed by atoms with Gasteiger partial charge in [-0.05, 0) is 82.0 Å². The van der Waals surface area contributed by atoms with Crippen LogP contribution in [0.1, 0.15) is 47.6 Å². The maximum atomic E-state index is 5.70. The molecule has 0 fully saturated rings. The van der Waals surface area contributed by atoms with E-state index in [4.69, 9.17) is 22.6 Å². The average Bonchev–Trinajstić information content (AvgIpc) is 3.66. The Hall–Kier alpha value is -5.50. The first kappa shape index (κ1) is 36.6. The maximum Gasteiger partial charge on any atom is 0.161 e. The number of anilines is 2. The number of fused-ring (bicyclic) bond motifs is 7. The summed E-state index contributed by atoms with van der Waals surface area (Å²) >= 11 is 7.75. The summed E-state index contributed by atoms with van der Waals surface area (Å²) in [5.41, 5.74) is 17.0. The van der Waals surface area contributed by atoms with Crippen LogP contribution >= 0.6 is 35.2 Å². The van der Waals surface area contributed by atoms with E-state index in [9.17, 15) is 0 Å². The second-order valence-electron chi connectivity index (χ2n) is 16.6. The molecule has 0 amide bonds. The van der Waals surface area contributed by atoms with E-state index in [-0.39, 0.29) is 11.5 Å². The molecule has 11 rings (SSSR count). The molecule has 3 nitrogen and oxygen atoms in total. The minimum Gasteiger partial charge on any atom is -0.313 e. The molecule has 0 spiro atoms. The molecule has 59 heavy (non-hydrogen) atoms. The summed E-state index contributed by atoms with van der Waals surface area (Å²) in [5, 5.41) is 0.610. The molecule has 4 atom stereocenters. The van der Waals surface area contributed by atoms with Gasteiger partial charge in [-0.1, -0.05) is 193 Å². The number of nitrogens with zero attached hydrogens (tertiary/aromatic N) is 3. The van der Waals surface area contributed by atoms with E-state index in [0.29, 0.717) is 8.95 Å². The molecule has 2 heterocycles. The molecule has 0 bridgehead atoms. The van der Waals surface area contributed by atoms with E-state index in [2.05, 4.69) is 217 Å². The van der Waals surface area contributed by atoms with Crippen molar-refractivity contribution in [1.82, 2.24) is 9.97 Å². The molecule has 286 valence electrons. The molecule has 5 aliphatic rings. The lowest BCUT2D eigenvalue weighted by atomic mass is 9.65. The highest BCUT2D eigenvalue weighted by Crippen LogP contribution is 2.59. The summed E-state index contributed by atoms with van der Waals surface area (Å²) in [6.45, 7) is 4.50. The molecule has 0 saturated carbocycles. The number of aryl methyl sites for hydroxylation is 1. The molecule has 1 aromatic heterocycles. The first-order chi connectivity index (χ1) is 28.8. The van der Waals surface area contributed by atoms with Crippen LogP contribution in [0.25, 0.3) is 39.2 Å². The van der Waals surface area contributed by atoms with Crippen molar-refractivity contribution in [3.8, 4) is 33.6 Å². The van der Waals surface area contributed by atoms with Gasteiger partial charge in [0.05, 0.1) is 17.1 Å². The van der Waals surface area contributed by atoms with Gasteiger partial charge in [-0.25, -0.2) is 9.97 Å². The van der Waals surface area contributed by atoms with Crippen molar-refractivity contribution in [2.24, 2.45) is 5.41 Å². The molecule has 5 heteroatoms. The Kier molecular flexibility index (Phi) is 8.72. The third-order valence-electron chi connectivity index (χ3n) is 13.1. The number of thiol groups is 1. The van der Waals surface area contributed by atoms with Gasteiger partial charge in [0, 0.05) is 26.0 Å². The van der Waals surface area contributed by atoms with Gasteiger partial charge >= 0.3 is 0 Å². The number of hydrogen-bond donors (Lipinski definition) is 1. The molecule has 1 aliphatic heterocycles. The fourth-order valence-electron chi connectivity index (χ4n) is 10.4. The number of benzene rings is 5. The number of hydrogen-bond acceptors (Lipinski definition) is 4. The summed E-state index contributed by atoms with van der Waals surface area (Å²) in [4.78, 5) is 13.6. The summed E-state index contributed by atoms with van der Waals surface area (Å²) < 4.78 is 0.397. The third-order valence-corrected chi connectivity index (χ3v) is 14.3. The van der Waals surface area contributed by atoms with Crippen molar-refractivity contribution in [3.63, 3.8) is 0 Å². The van der Waals surface area contributed by atoms with Gasteiger partial charge in [-0.3, -0.25) is 0 Å². The van der Waals surface area contributed by atoms with Gasteiger partial charge in [-0.2, -0.15) is 0 Å². The highest BCUT2D eigenvalue weighted by molar-refractivity contribution is 14.1. The van der Waals surface area contributed by atoms with Crippen LogP contribution in [0.2, 0.25) is 0 Å². The average molecular weight is 892 g/mol. The van der Waals surface area contributed by atoms with Crippen LogP contribution in [0, 0.1) is 12.3 Å². The number of rotatable bonds is 5. The molecule has 0 N–H and O–H groups in total. The number of alkyl halides is 1. The van der Waals surface area contributed by atoms with Crippen molar-refractivity contribution in [3.05, 3.63) is 215 Å². The topological polar surface area (TPSA) is 29.0 Å². The molecule has 3 unspecified atom stereocenters. The molecule has 0 radical (unpaired) electrons. The summed E-state index contributed by atoms with van der Waals surface area (Å²) in [6.07, 6.45) is 22.8. The van der Waals surface area contributed by atoms with Crippen molar-refractivity contribution < 1.29 is 0 Å². The van der Waals surface area contributed by atoms with E-state index >= 15 is 0 Å². The highest BCUT2D eigenvalue weighted by Gasteiger charge is 2.48. The van der Waals surface area contributed by atoms with E-state index in [1.54, 1.807) is 0 Å². The Morgan fingerprint density at radius 2 is 1.47 bits per heavy atom. The van der Waals surface area contributed by atoms with Crippen molar-refractivity contribution in [2.75, 3.05) is 4.90 Å². The summed E-state index contributed by atoms with van der Waals surface area (Å²) in [6, 6.07) is 44.3. The lowest BCUT2D eigenvalue weighted by Gasteiger charge is -2.37. The monoisotopic (exact) mass is 891 g/mol. The van der Waals surface area contributed by atoms with Crippen LogP contribution in [-0.2, 0) is 5.41 Å². The van der Waals surface area contributed by atoms with Crippen molar-refractivity contribution in [1.29, 1.82) is 0 Å². The quantitative estimate of drug-likeness (QED) is 0.106. The predicted molar refractivity (Wildman–Crippen MR) is 256 cm³/mol. The van der Waals surface area contributed by atoms with Gasteiger partial charge in [0.25, 0.3) is 0 Å². The molecular formula is C54H42IN3S. The van der Waals surface area contributed by atoms with Crippen LogP contribution < -0.4 is 4.90 Å². The van der Waals surface area contributed by atoms with Crippen LogP contribution in [0.15, 0.2) is 192 Å². The standard InChI is InChI=1S/C54H42IN3S/c1-34-15-6-7-21-40(34)50-52(59)57-49(51(56-50)58-47-25-11-9-23-43(47)44-33-53(2)30-13-12-16-36(53)27-29-48(44)58)35-26-28-42-41-22-8-10-24-45(41)54(46(42)31-35,37-17-4-3-5-18-37)38-19-14-20-39(55)32-38/h3-29,31,33,39,48H,30,32H2,1-2H3,(H,57,59)/t39?,48?,53?,54-/m0/s1. The van der Waals surface area contributed by atoms with Crippen LogP contribution in [0.3, 0.4) is 0 Å².